The van der Waals surface area contributed by atoms with Crippen molar-refractivity contribution in [1.82, 2.24) is 9.88 Å². The number of para-hydroxylation sites is 2. The summed E-state index contributed by atoms with van der Waals surface area (Å²) in [7, 11) is 1.31. The van der Waals surface area contributed by atoms with Crippen molar-refractivity contribution < 1.29 is 38.5 Å². The van der Waals surface area contributed by atoms with E-state index in [1.807, 2.05) is 79.7 Å². The quantitative estimate of drug-likeness (QED) is 0.121. The Morgan fingerprint density at radius 1 is 0.979 bits per heavy atom. The number of hydrogen-bond donors (Lipinski definition) is 2. The number of carbonyl (C=O) groups is 4. The van der Waals surface area contributed by atoms with Gasteiger partial charge in [-0.25, -0.2) is 9.78 Å². The normalized spacial score (nSPS) is 13.4. The highest BCUT2D eigenvalue weighted by molar-refractivity contribution is 7.19. The molecule has 0 bridgehead atoms. The first-order valence-electron chi connectivity index (χ1n) is 15.0. The molecule has 11 heteroatoms. The van der Waals surface area contributed by atoms with Crippen molar-refractivity contribution >= 4 is 62.4 Å². The number of aromatic nitrogens is 1. The van der Waals surface area contributed by atoms with E-state index in [-0.39, 0.29) is 12.5 Å². The van der Waals surface area contributed by atoms with Crippen molar-refractivity contribution in [2.24, 2.45) is 5.92 Å². The molecule has 0 unspecified atom stereocenters. The number of rotatable bonds is 14. The van der Waals surface area contributed by atoms with Crippen LogP contribution in [0.3, 0.4) is 0 Å². The van der Waals surface area contributed by atoms with Crippen LogP contribution in [0, 0.1) is 5.92 Å². The van der Waals surface area contributed by atoms with Crippen LogP contribution in [-0.4, -0.2) is 57.1 Å². The summed E-state index contributed by atoms with van der Waals surface area (Å²) in [4.78, 5) is 56.6. The number of thiophene rings is 1. The topological polar surface area (TPSA) is 147 Å². The molecule has 0 aliphatic carbocycles. The smallest absolute Gasteiger partial charge is 0.337 e. The molecule has 1 amide bonds. The van der Waals surface area contributed by atoms with Crippen LogP contribution in [0.5, 0.6) is 0 Å². The van der Waals surface area contributed by atoms with Gasteiger partial charge in [-0.3, -0.25) is 14.4 Å². The molecule has 5 rings (SSSR count). The lowest BCUT2D eigenvalue weighted by molar-refractivity contribution is -0.151. The van der Waals surface area contributed by atoms with E-state index < -0.39 is 48.6 Å². The number of carboxylic acid groups (broad SMARTS) is 2. The Hall–Kier alpha value is -5.29. The second-order valence-corrected chi connectivity index (χ2v) is 12.4. The first-order valence-corrected chi connectivity index (χ1v) is 15.9. The molecule has 0 fully saturated rings. The van der Waals surface area contributed by atoms with Crippen molar-refractivity contribution in [3.05, 3.63) is 107 Å². The minimum absolute atomic E-state index is 0.199. The third-order valence-corrected chi connectivity index (χ3v) is 9.21. The number of ether oxygens (including phenoxy) is 1. The number of aliphatic carboxylic acids is 2. The predicted molar refractivity (Wildman–Crippen MR) is 178 cm³/mol. The summed E-state index contributed by atoms with van der Waals surface area (Å²) >= 11 is 1.54. The van der Waals surface area contributed by atoms with Crippen molar-refractivity contribution in [3.63, 3.8) is 0 Å². The average molecular weight is 655 g/mol. The first kappa shape index (κ1) is 33.1. The maximum Gasteiger partial charge on any atom is 0.337 e. The van der Waals surface area contributed by atoms with Gasteiger partial charge in [0.25, 0.3) is 0 Å². The average Bonchev–Trinajstić information content (AvgIpc) is 3.68. The third kappa shape index (κ3) is 8.11. The first-order chi connectivity index (χ1) is 22.6. The highest BCUT2D eigenvalue weighted by Crippen LogP contribution is 2.33. The number of carbonyl (C=O) groups excluding carboxylic acids is 2. The number of amides is 1. The van der Waals surface area contributed by atoms with E-state index >= 15 is 0 Å². The van der Waals surface area contributed by atoms with E-state index in [1.165, 1.54) is 18.4 Å². The number of fused-ring (bicyclic) bond motifs is 2. The van der Waals surface area contributed by atoms with Crippen LogP contribution in [0.2, 0.25) is 0 Å². The number of nitrogens with zero attached hydrogens (tertiary/aromatic N) is 2. The van der Waals surface area contributed by atoms with E-state index in [1.54, 1.807) is 23.1 Å². The van der Waals surface area contributed by atoms with E-state index in [9.17, 15) is 29.4 Å². The molecule has 2 heterocycles. The minimum Gasteiger partial charge on any atom is -0.481 e. The van der Waals surface area contributed by atoms with E-state index in [0.717, 1.165) is 26.0 Å². The molecule has 0 aliphatic rings. The number of hydrogen-bond acceptors (Lipinski definition) is 8. The maximum absolute atomic E-state index is 14.0. The number of benzene rings is 3. The molecule has 5 aromatic rings. The zero-order chi connectivity index (χ0) is 33.5. The molecule has 0 saturated carbocycles. The van der Waals surface area contributed by atoms with Gasteiger partial charge in [-0.05, 0) is 66.8 Å². The molecule has 0 aliphatic heterocycles. The molecular weight excluding hydrogens is 620 g/mol. The van der Waals surface area contributed by atoms with E-state index in [4.69, 9.17) is 9.15 Å². The number of esters is 1. The Labute approximate surface area is 274 Å². The van der Waals surface area contributed by atoms with Crippen LogP contribution in [0.25, 0.3) is 27.3 Å². The Morgan fingerprint density at radius 2 is 1.70 bits per heavy atom. The highest BCUT2D eigenvalue weighted by Gasteiger charge is 2.32. The Kier molecular flexibility index (Phi) is 10.5. The highest BCUT2D eigenvalue weighted by atomic mass is 32.1. The Morgan fingerprint density at radius 3 is 2.38 bits per heavy atom. The van der Waals surface area contributed by atoms with E-state index in [2.05, 4.69) is 4.98 Å². The van der Waals surface area contributed by atoms with Gasteiger partial charge in [0.05, 0.1) is 31.6 Å². The molecule has 3 atom stereocenters. The fraction of sp³-hybridized carbons (Fsp3) is 0.250. The third-order valence-electron chi connectivity index (χ3n) is 8.11. The molecule has 242 valence electrons. The van der Waals surface area contributed by atoms with Gasteiger partial charge >= 0.3 is 17.9 Å². The van der Waals surface area contributed by atoms with Gasteiger partial charge in [0.2, 0.25) is 11.8 Å². The fourth-order valence-electron chi connectivity index (χ4n) is 5.62. The largest absolute Gasteiger partial charge is 0.481 e. The number of allylic oxidation sites excluding steroid dienone is 1. The number of methoxy groups -OCH3 is 1. The molecule has 10 nitrogen and oxygen atoms in total. The second-order valence-electron chi connectivity index (χ2n) is 11.2. The summed E-state index contributed by atoms with van der Waals surface area (Å²) in [6.07, 6.45) is 2.98. The molecule has 3 aromatic carbocycles. The summed E-state index contributed by atoms with van der Waals surface area (Å²) in [5.74, 6) is -4.85. The van der Waals surface area contributed by atoms with Crippen LogP contribution in [0.15, 0.2) is 89.4 Å². The van der Waals surface area contributed by atoms with Crippen molar-refractivity contribution in [3.8, 4) is 0 Å². The van der Waals surface area contributed by atoms with Crippen LogP contribution in [-0.2, 0) is 25.7 Å². The van der Waals surface area contributed by atoms with Gasteiger partial charge in [0.1, 0.15) is 5.52 Å². The number of carboxylic acids is 2. The SMILES string of the molecule is COC(=O)c1ccc([C@@H](C/C=C/c2nc3ccccc3o2)[C@@H](C)N(Cc2cc3ccccc3s2)C(=O)C[C@H](CC(=O)O)C(=O)O)cc1. The zero-order valence-electron chi connectivity index (χ0n) is 25.9. The van der Waals surface area contributed by atoms with Crippen molar-refractivity contribution in [2.45, 2.75) is 44.7 Å². The lowest BCUT2D eigenvalue weighted by atomic mass is 9.87. The molecular formula is C36H34N2O8S. The molecule has 0 spiro atoms. The van der Waals surface area contributed by atoms with Crippen LogP contribution >= 0.6 is 11.3 Å². The Bertz CT molecular complexity index is 1860. The predicted octanol–water partition coefficient (Wildman–Crippen LogP) is 7.00. The fourth-order valence-corrected chi connectivity index (χ4v) is 6.68. The maximum atomic E-state index is 14.0. The Balaban J connectivity index is 1.50. The lowest BCUT2D eigenvalue weighted by Gasteiger charge is -2.35. The summed E-state index contributed by atoms with van der Waals surface area (Å²) in [6, 6.07) is 23.8. The molecule has 0 saturated heterocycles. The van der Waals surface area contributed by atoms with Gasteiger partial charge in [-0.2, -0.15) is 0 Å². The summed E-state index contributed by atoms with van der Waals surface area (Å²) in [6.45, 7) is 2.09. The second kappa shape index (κ2) is 14.9. The van der Waals surface area contributed by atoms with Gasteiger partial charge in [-0.15, -0.1) is 11.3 Å². The van der Waals surface area contributed by atoms with Gasteiger partial charge in [0.15, 0.2) is 5.58 Å². The summed E-state index contributed by atoms with van der Waals surface area (Å²) in [5.41, 5.74) is 2.59. The van der Waals surface area contributed by atoms with Gasteiger partial charge < -0.3 is 24.3 Å². The molecule has 0 radical (unpaired) electrons. The van der Waals surface area contributed by atoms with Crippen LogP contribution in [0.1, 0.15) is 58.8 Å². The zero-order valence-corrected chi connectivity index (χ0v) is 26.7. The van der Waals surface area contributed by atoms with Crippen molar-refractivity contribution in [1.29, 1.82) is 0 Å². The van der Waals surface area contributed by atoms with Crippen LogP contribution in [0.4, 0.5) is 0 Å². The monoisotopic (exact) mass is 654 g/mol. The molecule has 2 aromatic heterocycles. The lowest BCUT2D eigenvalue weighted by Crippen LogP contribution is -2.42. The number of oxazole rings is 1. The standard InChI is InChI=1S/C36H34N2O8S/c1-22(38(33(39)19-26(35(42)43)20-34(40)41)21-27-18-25-8-3-6-12-31(25)47-27)28(23-14-16-24(17-15-23)36(44)45-2)9-7-13-32-37-29-10-4-5-11-30(29)46-32/h3-8,10-18,22,26,28H,9,19-21H2,1-2H3,(H,40,41)(H,42,43)/b13-7+/t22-,26-,28+/m1/s1. The summed E-state index contributed by atoms with van der Waals surface area (Å²) < 4.78 is 11.8. The van der Waals surface area contributed by atoms with Gasteiger partial charge in [-0.1, -0.05) is 48.5 Å². The molecule has 47 heavy (non-hydrogen) atoms. The molecule has 2 N–H and O–H groups in total. The summed E-state index contributed by atoms with van der Waals surface area (Å²) in [5, 5.41) is 20.1. The van der Waals surface area contributed by atoms with Crippen molar-refractivity contribution in [2.75, 3.05) is 7.11 Å². The van der Waals surface area contributed by atoms with Crippen LogP contribution < -0.4 is 0 Å². The van der Waals surface area contributed by atoms with E-state index in [0.29, 0.717) is 23.5 Å². The van der Waals surface area contributed by atoms with Gasteiger partial charge in [0, 0.05) is 28.0 Å². The minimum atomic E-state index is -1.38.